The number of halogens is 1. The van der Waals surface area contributed by atoms with E-state index in [0.29, 0.717) is 19.8 Å². The highest BCUT2D eigenvalue weighted by Crippen LogP contribution is 2.27. The van der Waals surface area contributed by atoms with Gasteiger partial charge in [-0.2, -0.15) is 0 Å². The minimum atomic E-state index is -0.131. The van der Waals surface area contributed by atoms with E-state index in [4.69, 9.17) is 19.9 Å². The summed E-state index contributed by atoms with van der Waals surface area (Å²) in [6.45, 7) is 4.46. The molecule has 0 aliphatic heterocycles. The van der Waals surface area contributed by atoms with Crippen LogP contribution >= 0.6 is 15.9 Å². The van der Waals surface area contributed by atoms with Gasteiger partial charge in [-0.05, 0) is 25.0 Å². The minimum Gasteiger partial charge on any atom is -0.385 e. The molecule has 0 aliphatic rings. The van der Waals surface area contributed by atoms with E-state index in [0.717, 1.165) is 23.1 Å². The summed E-state index contributed by atoms with van der Waals surface area (Å²) in [5.41, 5.74) is 7.09. The molecule has 1 aromatic carbocycles. The molecule has 0 radical (unpaired) electrons. The number of rotatable bonds is 10. The Bertz CT molecular complexity index is 374. The van der Waals surface area contributed by atoms with Gasteiger partial charge in [0.15, 0.2) is 0 Å². The summed E-state index contributed by atoms with van der Waals surface area (Å²) in [7, 11) is 1.69. The molecule has 0 saturated carbocycles. The molecule has 0 bridgehead atoms. The van der Waals surface area contributed by atoms with Crippen molar-refractivity contribution in [2.24, 2.45) is 5.73 Å². The van der Waals surface area contributed by atoms with Crippen molar-refractivity contribution in [1.29, 1.82) is 0 Å². The van der Waals surface area contributed by atoms with Crippen LogP contribution < -0.4 is 5.73 Å². The molecular weight excluding hydrogens is 322 g/mol. The molecule has 0 amide bonds. The van der Waals surface area contributed by atoms with Gasteiger partial charge < -0.3 is 19.9 Å². The van der Waals surface area contributed by atoms with Crippen LogP contribution in [0.3, 0.4) is 0 Å². The smallest absolute Gasteiger partial charge is 0.0985 e. The van der Waals surface area contributed by atoms with Crippen LogP contribution in [0.4, 0.5) is 0 Å². The Morgan fingerprint density at radius 2 is 1.90 bits per heavy atom. The molecule has 1 aromatic rings. The van der Waals surface area contributed by atoms with Crippen LogP contribution in [0.5, 0.6) is 0 Å². The fourth-order valence-corrected chi connectivity index (χ4v) is 2.38. The fourth-order valence-electron chi connectivity index (χ4n) is 1.87. The Kier molecular flexibility index (Phi) is 9.05. The zero-order chi connectivity index (χ0) is 14.8. The fraction of sp³-hybridized carbons (Fsp3) is 0.600. The highest BCUT2D eigenvalue weighted by atomic mass is 79.9. The van der Waals surface area contributed by atoms with Gasteiger partial charge in [0.2, 0.25) is 0 Å². The maximum absolute atomic E-state index is 6.01. The third kappa shape index (κ3) is 6.33. The van der Waals surface area contributed by atoms with Gasteiger partial charge in [-0.15, -0.1) is 0 Å². The molecule has 0 heterocycles. The lowest BCUT2D eigenvalue weighted by Gasteiger charge is -2.23. The van der Waals surface area contributed by atoms with Crippen molar-refractivity contribution in [2.75, 3.05) is 33.5 Å². The van der Waals surface area contributed by atoms with Gasteiger partial charge in [0.25, 0.3) is 0 Å². The first kappa shape index (κ1) is 17.6. The van der Waals surface area contributed by atoms with Crippen LogP contribution in [0, 0.1) is 0 Å². The van der Waals surface area contributed by atoms with E-state index < -0.39 is 0 Å². The first-order valence-corrected chi connectivity index (χ1v) is 7.64. The first-order chi connectivity index (χ1) is 9.66. The number of ether oxygens (including phenoxy) is 3. The van der Waals surface area contributed by atoms with Crippen molar-refractivity contribution in [3.8, 4) is 0 Å². The third-order valence-electron chi connectivity index (χ3n) is 2.85. The molecule has 0 aliphatic carbocycles. The monoisotopic (exact) mass is 345 g/mol. The maximum Gasteiger partial charge on any atom is 0.0985 e. The minimum absolute atomic E-state index is 0.0813. The van der Waals surface area contributed by atoms with Crippen molar-refractivity contribution in [2.45, 2.75) is 25.5 Å². The summed E-state index contributed by atoms with van der Waals surface area (Å²) in [5.74, 6) is 0. The van der Waals surface area contributed by atoms with Gasteiger partial charge in [-0.3, -0.25) is 0 Å². The van der Waals surface area contributed by atoms with E-state index in [1.807, 2.05) is 31.2 Å². The third-order valence-corrected chi connectivity index (χ3v) is 3.57. The standard InChI is InChI=1S/C15H24BrNO3/c1-12(17)15(13-6-3-4-7-14(13)16)20-11-10-19-9-5-8-18-2/h3-4,6-7,12,15H,5,8-11,17H2,1-2H3. The van der Waals surface area contributed by atoms with Gasteiger partial charge in [-0.25, -0.2) is 0 Å². The largest absolute Gasteiger partial charge is 0.385 e. The highest BCUT2D eigenvalue weighted by Gasteiger charge is 2.18. The van der Waals surface area contributed by atoms with Crippen LogP contribution in [0.25, 0.3) is 0 Å². The van der Waals surface area contributed by atoms with Crippen molar-refractivity contribution < 1.29 is 14.2 Å². The van der Waals surface area contributed by atoms with Gasteiger partial charge in [0.05, 0.1) is 19.3 Å². The molecule has 5 heteroatoms. The van der Waals surface area contributed by atoms with E-state index in [1.165, 1.54) is 0 Å². The molecule has 0 aromatic heterocycles. The summed E-state index contributed by atoms with van der Waals surface area (Å²) in [4.78, 5) is 0. The van der Waals surface area contributed by atoms with Gasteiger partial charge in [-0.1, -0.05) is 34.1 Å². The topological polar surface area (TPSA) is 53.7 Å². The molecule has 2 N–H and O–H groups in total. The van der Waals surface area contributed by atoms with Crippen molar-refractivity contribution >= 4 is 15.9 Å². The van der Waals surface area contributed by atoms with Crippen molar-refractivity contribution in [3.05, 3.63) is 34.3 Å². The Hall–Kier alpha value is -0.460. The van der Waals surface area contributed by atoms with Crippen molar-refractivity contribution in [3.63, 3.8) is 0 Å². The SMILES string of the molecule is COCCCOCCOC(c1ccccc1Br)C(C)N. The molecule has 0 spiro atoms. The summed E-state index contributed by atoms with van der Waals surface area (Å²) in [6, 6.07) is 7.90. The van der Waals surface area contributed by atoms with Crippen LogP contribution in [-0.4, -0.2) is 39.6 Å². The lowest BCUT2D eigenvalue weighted by molar-refractivity contribution is -0.00791. The number of hydrogen-bond acceptors (Lipinski definition) is 4. The van der Waals surface area contributed by atoms with Gasteiger partial charge in [0.1, 0.15) is 0 Å². The molecular formula is C15H24BrNO3. The van der Waals surface area contributed by atoms with Gasteiger partial charge >= 0.3 is 0 Å². The maximum atomic E-state index is 6.01. The average Bonchev–Trinajstić information content (AvgIpc) is 2.43. The Morgan fingerprint density at radius 3 is 2.55 bits per heavy atom. The zero-order valence-corrected chi connectivity index (χ0v) is 13.8. The molecule has 20 heavy (non-hydrogen) atoms. The quantitative estimate of drug-likeness (QED) is 0.662. The Labute approximate surface area is 129 Å². The van der Waals surface area contributed by atoms with Crippen LogP contribution in [0.2, 0.25) is 0 Å². The molecule has 0 fully saturated rings. The van der Waals surface area contributed by atoms with Crippen LogP contribution in [-0.2, 0) is 14.2 Å². The molecule has 0 saturated heterocycles. The van der Waals surface area contributed by atoms with Crippen LogP contribution in [0.1, 0.15) is 25.0 Å². The van der Waals surface area contributed by atoms with E-state index in [2.05, 4.69) is 15.9 Å². The highest BCUT2D eigenvalue weighted by molar-refractivity contribution is 9.10. The Balaban J connectivity index is 2.36. The lowest BCUT2D eigenvalue weighted by Crippen LogP contribution is -2.28. The predicted molar refractivity (Wildman–Crippen MR) is 83.8 cm³/mol. The summed E-state index contributed by atoms with van der Waals surface area (Å²) >= 11 is 3.54. The van der Waals surface area contributed by atoms with E-state index in [-0.39, 0.29) is 12.1 Å². The second-order valence-corrected chi connectivity index (χ2v) is 5.49. The molecule has 2 atom stereocenters. The summed E-state index contributed by atoms with van der Waals surface area (Å²) < 4.78 is 17.3. The van der Waals surface area contributed by atoms with E-state index >= 15 is 0 Å². The molecule has 4 nitrogen and oxygen atoms in total. The van der Waals surface area contributed by atoms with E-state index in [9.17, 15) is 0 Å². The zero-order valence-electron chi connectivity index (χ0n) is 12.2. The van der Waals surface area contributed by atoms with Gasteiger partial charge in [0, 0.05) is 30.8 Å². The summed E-state index contributed by atoms with van der Waals surface area (Å²) in [5, 5.41) is 0. The van der Waals surface area contributed by atoms with Crippen LogP contribution in [0.15, 0.2) is 28.7 Å². The average molecular weight is 346 g/mol. The summed E-state index contributed by atoms with van der Waals surface area (Å²) in [6.07, 6.45) is 0.769. The Morgan fingerprint density at radius 1 is 1.15 bits per heavy atom. The molecule has 1 rings (SSSR count). The number of nitrogens with two attached hydrogens (primary N) is 1. The normalized spacial score (nSPS) is 14.2. The number of hydrogen-bond donors (Lipinski definition) is 1. The second kappa shape index (κ2) is 10.3. The first-order valence-electron chi connectivity index (χ1n) is 6.85. The molecule has 114 valence electrons. The lowest BCUT2D eigenvalue weighted by atomic mass is 10.0. The number of benzene rings is 1. The van der Waals surface area contributed by atoms with E-state index in [1.54, 1.807) is 7.11 Å². The molecule has 2 unspecified atom stereocenters. The second-order valence-electron chi connectivity index (χ2n) is 4.63. The predicted octanol–water partition coefficient (Wildman–Crippen LogP) is 2.91. The number of methoxy groups -OCH3 is 1. The van der Waals surface area contributed by atoms with Crippen molar-refractivity contribution in [1.82, 2.24) is 0 Å².